The minimum atomic E-state index is -0.981. The average molecular weight is 621 g/mol. The van der Waals surface area contributed by atoms with Crippen molar-refractivity contribution < 1.29 is 43.3 Å². The molecule has 3 N–H and O–H groups in total. The molecule has 2 fully saturated rings. The van der Waals surface area contributed by atoms with E-state index in [0.29, 0.717) is 52.4 Å². The third kappa shape index (κ3) is 10.5. The zero-order valence-corrected chi connectivity index (χ0v) is 24.1. The van der Waals surface area contributed by atoms with Gasteiger partial charge in [-0.2, -0.15) is 9.59 Å². The Morgan fingerprint density at radius 2 is 1.84 bits per heavy atom. The smallest absolute Gasteiger partial charge is 0.373 e. The standard InChI is InChI=1S/C24H33FN6O4.C3H4O2.CO2.CH4/c1-16(2)14-30(18-11-17(12-26-13-18)23(33)29-7-9-35-10-8-29)24(34)22-21(15-32)31(28-27-22)20-6-4-3-5-19(20)25;1-2-3(4)5;2-1-3;/h3-6,16-18,26,32H,7-15H2,1-2H3;2H,1H2,(H,4,5);;1H4/t17-,18+;;;/m1.../s1. The molecule has 0 unspecified atom stereocenters. The van der Waals surface area contributed by atoms with Gasteiger partial charge in [-0.25, -0.2) is 13.9 Å². The predicted octanol–water partition coefficient (Wildman–Crippen LogP) is 1.14. The molecule has 1 aromatic heterocycles. The van der Waals surface area contributed by atoms with Crippen molar-refractivity contribution >= 4 is 23.9 Å². The molecule has 242 valence electrons. The van der Waals surface area contributed by atoms with Gasteiger partial charge in [-0.1, -0.05) is 45.2 Å². The summed E-state index contributed by atoms with van der Waals surface area (Å²) in [6.45, 7) is 10.2. The summed E-state index contributed by atoms with van der Waals surface area (Å²) in [5.41, 5.74) is 0.214. The van der Waals surface area contributed by atoms with Crippen LogP contribution >= 0.6 is 0 Å². The summed E-state index contributed by atoms with van der Waals surface area (Å²) >= 11 is 0. The fourth-order valence-electron chi connectivity index (χ4n) is 4.74. The highest BCUT2D eigenvalue weighted by Gasteiger charge is 2.37. The molecule has 4 rings (SSSR count). The molecule has 2 saturated heterocycles. The van der Waals surface area contributed by atoms with E-state index in [2.05, 4.69) is 22.2 Å². The molecule has 1 aromatic carbocycles. The first-order chi connectivity index (χ1) is 20.6. The van der Waals surface area contributed by atoms with Crippen molar-refractivity contribution in [1.29, 1.82) is 0 Å². The number of aliphatic hydroxyl groups excluding tert-OH is 1. The fourth-order valence-corrected chi connectivity index (χ4v) is 4.74. The van der Waals surface area contributed by atoms with Crippen molar-refractivity contribution in [3.05, 3.63) is 54.1 Å². The fraction of sp³-hybridized carbons (Fsp3) is 0.517. The Hall–Kier alpha value is -4.30. The van der Waals surface area contributed by atoms with Crippen LogP contribution < -0.4 is 5.32 Å². The van der Waals surface area contributed by atoms with E-state index in [-0.39, 0.29) is 54.4 Å². The predicted molar refractivity (Wildman–Crippen MR) is 155 cm³/mol. The van der Waals surface area contributed by atoms with Crippen LogP contribution in [0.4, 0.5) is 4.39 Å². The third-order valence-electron chi connectivity index (χ3n) is 6.63. The first-order valence-electron chi connectivity index (χ1n) is 13.6. The summed E-state index contributed by atoms with van der Waals surface area (Å²) < 4.78 is 20.9. The quantitative estimate of drug-likeness (QED) is 0.360. The van der Waals surface area contributed by atoms with Crippen LogP contribution in [-0.2, 0) is 30.5 Å². The molecule has 3 heterocycles. The number of rotatable bonds is 8. The van der Waals surface area contributed by atoms with E-state index < -0.39 is 24.3 Å². The Labute approximate surface area is 255 Å². The summed E-state index contributed by atoms with van der Waals surface area (Å²) in [5, 5.41) is 29.0. The van der Waals surface area contributed by atoms with Crippen molar-refractivity contribution in [3.8, 4) is 5.69 Å². The van der Waals surface area contributed by atoms with Crippen molar-refractivity contribution in [2.24, 2.45) is 11.8 Å². The van der Waals surface area contributed by atoms with Crippen LogP contribution in [0.1, 0.15) is 43.9 Å². The lowest BCUT2D eigenvalue weighted by Crippen LogP contribution is -2.56. The number of aliphatic hydroxyl groups is 1. The van der Waals surface area contributed by atoms with E-state index in [0.717, 1.165) is 6.08 Å². The van der Waals surface area contributed by atoms with Gasteiger partial charge in [0.2, 0.25) is 5.91 Å². The van der Waals surface area contributed by atoms with Gasteiger partial charge in [0.05, 0.1) is 25.7 Å². The number of carboxylic acids is 1. The number of halogens is 1. The second kappa shape index (κ2) is 19.1. The van der Waals surface area contributed by atoms with Crippen LogP contribution in [0.3, 0.4) is 0 Å². The second-order valence-corrected chi connectivity index (χ2v) is 10.1. The van der Waals surface area contributed by atoms with E-state index >= 15 is 0 Å². The van der Waals surface area contributed by atoms with Gasteiger partial charge in [0, 0.05) is 44.8 Å². The summed E-state index contributed by atoms with van der Waals surface area (Å²) in [6, 6.07) is 5.75. The number of hydrogen-bond donors (Lipinski definition) is 3. The minimum Gasteiger partial charge on any atom is -0.478 e. The highest BCUT2D eigenvalue weighted by atomic mass is 19.1. The number of amides is 2. The molecule has 0 bridgehead atoms. The number of nitrogens with one attached hydrogen (secondary N) is 1. The molecule has 15 heteroatoms. The Bertz CT molecular complexity index is 1270. The van der Waals surface area contributed by atoms with Gasteiger partial charge in [0.25, 0.3) is 5.91 Å². The number of benzene rings is 1. The number of aliphatic carboxylic acids is 1. The van der Waals surface area contributed by atoms with Crippen LogP contribution in [0.5, 0.6) is 0 Å². The van der Waals surface area contributed by atoms with Crippen LogP contribution in [0, 0.1) is 17.7 Å². The summed E-state index contributed by atoms with van der Waals surface area (Å²) in [7, 11) is 0. The topological polar surface area (TPSA) is 184 Å². The molecule has 0 saturated carbocycles. The lowest BCUT2D eigenvalue weighted by atomic mass is 9.92. The molecule has 0 spiro atoms. The molecule has 2 amide bonds. The van der Waals surface area contributed by atoms with Gasteiger partial charge in [-0.15, -0.1) is 5.10 Å². The molecule has 2 aliphatic rings. The van der Waals surface area contributed by atoms with Gasteiger partial charge in [0.1, 0.15) is 17.2 Å². The molecule has 2 atom stereocenters. The van der Waals surface area contributed by atoms with Gasteiger partial charge >= 0.3 is 12.1 Å². The monoisotopic (exact) mass is 620 g/mol. The number of nitrogens with zero attached hydrogens (tertiary/aromatic N) is 5. The minimum absolute atomic E-state index is 0. The zero-order valence-electron chi connectivity index (χ0n) is 24.1. The number of piperidine rings is 1. The van der Waals surface area contributed by atoms with Gasteiger partial charge in [-0.05, 0) is 24.5 Å². The number of carbonyl (C=O) groups excluding carboxylic acids is 4. The number of ether oxygens (including phenoxy) is 1. The highest BCUT2D eigenvalue weighted by molar-refractivity contribution is 5.93. The van der Waals surface area contributed by atoms with Crippen LogP contribution in [0.25, 0.3) is 5.69 Å². The number of para-hydroxylation sites is 1. The Balaban J connectivity index is 0.000000962. The van der Waals surface area contributed by atoms with Crippen molar-refractivity contribution in [3.63, 3.8) is 0 Å². The normalized spacial score (nSPS) is 17.4. The number of hydrogen-bond acceptors (Lipinski definition) is 10. The first kappa shape index (κ1) is 37.7. The van der Waals surface area contributed by atoms with E-state index in [4.69, 9.17) is 19.4 Å². The third-order valence-corrected chi connectivity index (χ3v) is 6.63. The molecule has 0 radical (unpaired) electrons. The molecule has 0 aliphatic carbocycles. The van der Waals surface area contributed by atoms with E-state index in [1.165, 1.54) is 16.8 Å². The maximum Gasteiger partial charge on any atom is 0.373 e. The summed E-state index contributed by atoms with van der Waals surface area (Å²) in [4.78, 5) is 55.9. The molecule has 44 heavy (non-hydrogen) atoms. The lowest BCUT2D eigenvalue weighted by Gasteiger charge is -2.40. The maximum absolute atomic E-state index is 14.4. The number of carbonyl (C=O) groups is 3. The van der Waals surface area contributed by atoms with Crippen molar-refractivity contribution in [2.45, 2.75) is 40.3 Å². The SMILES string of the molecule is C.C=CC(=O)O.CC(C)CN(C(=O)c1nnn(-c2ccccc2F)c1CO)[C@@H]1CNC[C@H](C(=O)N2CCOCC2)C1.O=C=O. The average Bonchev–Trinajstić information content (AvgIpc) is 3.44. The summed E-state index contributed by atoms with van der Waals surface area (Å²) in [6.07, 6.45) is 1.61. The first-order valence-corrected chi connectivity index (χ1v) is 13.6. The van der Waals surface area contributed by atoms with E-state index in [1.54, 1.807) is 17.0 Å². The van der Waals surface area contributed by atoms with Crippen molar-refractivity contribution in [1.82, 2.24) is 30.1 Å². The van der Waals surface area contributed by atoms with Crippen LogP contribution in [0.2, 0.25) is 0 Å². The van der Waals surface area contributed by atoms with Gasteiger partial charge < -0.3 is 30.1 Å². The lowest BCUT2D eigenvalue weighted by molar-refractivity contribution is -0.191. The van der Waals surface area contributed by atoms with Gasteiger partial charge in [-0.3, -0.25) is 9.59 Å². The Kier molecular flexibility index (Phi) is 16.4. The maximum atomic E-state index is 14.4. The van der Waals surface area contributed by atoms with E-state index in [1.807, 2.05) is 18.7 Å². The second-order valence-electron chi connectivity index (χ2n) is 10.1. The molecular weight excluding hydrogens is 579 g/mol. The highest BCUT2D eigenvalue weighted by Crippen LogP contribution is 2.24. The molecule has 2 aromatic rings. The van der Waals surface area contributed by atoms with Crippen LogP contribution in [-0.4, -0.2) is 111 Å². The number of morpholine rings is 1. The van der Waals surface area contributed by atoms with Crippen LogP contribution in [0.15, 0.2) is 36.9 Å². The van der Waals surface area contributed by atoms with Crippen molar-refractivity contribution in [2.75, 3.05) is 45.9 Å². The molecule has 14 nitrogen and oxygen atoms in total. The van der Waals surface area contributed by atoms with E-state index in [9.17, 15) is 23.9 Å². The Morgan fingerprint density at radius 1 is 1.23 bits per heavy atom. The zero-order chi connectivity index (χ0) is 31.9. The molecule has 2 aliphatic heterocycles. The number of carboxylic acid groups (broad SMARTS) is 1. The van der Waals surface area contributed by atoms with Gasteiger partial charge in [0.15, 0.2) is 5.69 Å². The molecular formula is C29H41FN6O8. The largest absolute Gasteiger partial charge is 0.478 e. The Morgan fingerprint density at radius 3 is 2.39 bits per heavy atom. The summed E-state index contributed by atoms with van der Waals surface area (Å²) in [5.74, 6) is -1.93. The number of aromatic nitrogens is 3.